The van der Waals surface area contributed by atoms with Crippen LogP contribution in [0.3, 0.4) is 0 Å². The Morgan fingerprint density at radius 2 is 2.11 bits per heavy atom. The van der Waals surface area contributed by atoms with E-state index >= 15 is 0 Å². The maximum atomic E-state index is 13.7. The van der Waals surface area contributed by atoms with Gasteiger partial charge in [0.15, 0.2) is 5.15 Å². The third-order valence-electron chi connectivity index (χ3n) is 2.38. The number of aromatic nitrogens is 2. The lowest BCUT2D eigenvalue weighted by Crippen LogP contribution is -2.03. The van der Waals surface area contributed by atoms with E-state index in [9.17, 15) is 4.39 Å². The average Bonchev–Trinajstić information content (AvgIpc) is 2.37. The fourth-order valence-electron chi connectivity index (χ4n) is 1.45. The van der Waals surface area contributed by atoms with Crippen molar-refractivity contribution in [1.82, 2.24) is 10.2 Å². The summed E-state index contributed by atoms with van der Waals surface area (Å²) in [6.07, 6.45) is 1.52. The Morgan fingerprint density at radius 1 is 1.28 bits per heavy atom. The molecule has 1 aromatic heterocycles. The van der Waals surface area contributed by atoms with Gasteiger partial charge in [-0.1, -0.05) is 23.7 Å². The zero-order valence-corrected chi connectivity index (χ0v) is 10.8. The largest absolute Gasteiger partial charge is 0.379 e. The summed E-state index contributed by atoms with van der Waals surface area (Å²) in [5.41, 5.74) is 2.00. The Morgan fingerprint density at radius 3 is 2.78 bits per heavy atom. The molecule has 94 valence electrons. The van der Waals surface area contributed by atoms with Gasteiger partial charge in [-0.05, 0) is 11.6 Å². The summed E-state index contributed by atoms with van der Waals surface area (Å²) in [6.45, 7) is 0.344. The molecular formula is C12H10Cl2FN3. The second-order valence-corrected chi connectivity index (χ2v) is 4.33. The SMILES string of the molecule is Fc1cc(CCl)ccc1CNc1cnnc(Cl)c1. The Hall–Kier alpha value is -1.39. The van der Waals surface area contributed by atoms with E-state index in [0.717, 1.165) is 5.56 Å². The van der Waals surface area contributed by atoms with E-state index in [1.165, 1.54) is 12.3 Å². The van der Waals surface area contributed by atoms with Crippen molar-refractivity contribution in [2.45, 2.75) is 12.4 Å². The smallest absolute Gasteiger partial charge is 0.153 e. The van der Waals surface area contributed by atoms with Crippen molar-refractivity contribution >= 4 is 28.9 Å². The monoisotopic (exact) mass is 285 g/mol. The lowest BCUT2D eigenvalue weighted by Gasteiger charge is -2.07. The molecule has 0 aliphatic heterocycles. The summed E-state index contributed by atoms with van der Waals surface area (Å²) in [6, 6.07) is 6.56. The first-order chi connectivity index (χ1) is 8.69. The second kappa shape index (κ2) is 5.98. The standard InChI is InChI=1S/C12H10Cl2FN3/c13-5-8-1-2-9(11(15)3-8)6-16-10-4-12(14)18-17-7-10/h1-4,7H,5-6H2,(H,16,18). The van der Waals surface area contributed by atoms with Gasteiger partial charge in [-0.25, -0.2) is 4.39 Å². The molecule has 6 heteroatoms. The van der Waals surface area contributed by atoms with E-state index in [1.807, 2.05) is 0 Å². The number of anilines is 1. The quantitative estimate of drug-likeness (QED) is 0.872. The molecule has 1 heterocycles. The number of hydrogen-bond acceptors (Lipinski definition) is 3. The highest BCUT2D eigenvalue weighted by molar-refractivity contribution is 6.29. The van der Waals surface area contributed by atoms with E-state index in [1.54, 1.807) is 18.2 Å². The van der Waals surface area contributed by atoms with Gasteiger partial charge in [0.2, 0.25) is 0 Å². The molecule has 0 saturated carbocycles. The normalized spacial score (nSPS) is 10.4. The summed E-state index contributed by atoms with van der Waals surface area (Å²) >= 11 is 11.3. The van der Waals surface area contributed by atoms with Crippen molar-refractivity contribution in [3.63, 3.8) is 0 Å². The van der Waals surface area contributed by atoms with Crippen LogP contribution in [-0.4, -0.2) is 10.2 Å². The van der Waals surface area contributed by atoms with E-state index in [2.05, 4.69) is 15.5 Å². The third kappa shape index (κ3) is 3.31. The van der Waals surface area contributed by atoms with Gasteiger partial charge in [0, 0.05) is 24.1 Å². The van der Waals surface area contributed by atoms with Crippen LogP contribution < -0.4 is 5.32 Å². The number of halogens is 3. The molecule has 0 aliphatic rings. The molecule has 1 aromatic carbocycles. The van der Waals surface area contributed by atoms with E-state index in [-0.39, 0.29) is 11.0 Å². The highest BCUT2D eigenvalue weighted by Gasteiger charge is 2.04. The van der Waals surface area contributed by atoms with E-state index in [0.29, 0.717) is 23.7 Å². The summed E-state index contributed by atoms with van der Waals surface area (Å²) in [5, 5.41) is 10.6. The van der Waals surface area contributed by atoms with Crippen LogP contribution in [0.4, 0.5) is 10.1 Å². The second-order valence-electron chi connectivity index (χ2n) is 3.68. The molecule has 2 rings (SSSR count). The fraction of sp³-hybridized carbons (Fsp3) is 0.167. The van der Waals surface area contributed by atoms with Crippen LogP contribution in [0.5, 0.6) is 0 Å². The molecule has 18 heavy (non-hydrogen) atoms. The van der Waals surface area contributed by atoms with Crippen LogP contribution in [0.25, 0.3) is 0 Å². The van der Waals surface area contributed by atoms with Crippen molar-refractivity contribution in [3.05, 3.63) is 52.6 Å². The zero-order valence-electron chi connectivity index (χ0n) is 9.33. The lowest BCUT2D eigenvalue weighted by molar-refractivity contribution is 0.611. The number of nitrogens with one attached hydrogen (secondary N) is 1. The van der Waals surface area contributed by atoms with Crippen LogP contribution in [0.15, 0.2) is 30.5 Å². The van der Waals surface area contributed by atoms with Gasteiger partial charge in [0.25, 0.3) is 0 Å². The van der Waals surface area contributed by atoms with E-state index in [4.69, 9.17) is 23.2 Å². The Balaban J connectivity index is 2.06. The number of benzene rings is 1. The Bertz CT molecular complexity index is 549. The average molecular weight is 286 g/mol. The number of nitrogens with zero attached hydrogens (tertiary/aromatic N) is 2. The van der Waals surface area contributed by atoms with Crippen LogP contribution >= 0.6 is 23.2 Å². The summed E-state index contributed by atoms with van der Waals surface area (Å²) in [4.78, 5) is 0. The maximum absolute atomic E-state index is 13.7. The summed E-state index contributed by atoms with van der Waals surface area (Å²) in [7, 11) is 0. The highest BCUT2D eigenvalue weighted by Crippen LogP contribution is 2.15. The maximum Gasteiger partial charge on any atom is 0.153 e. The summed E-state index contributed by atoms with van der Waals surface area (Å²) < 4.78 is 13.7. The van der Waals surface area contributed by atoms with Gasteiger partial charge >= 0.3 is 0 Å². The predicted molar refractivity (Wildman–Crippen MR) is 70.3 cm³/mol. The van der Waals surface area contributed by atoms with Crippen molar-refractivity contribution in [2.75, 3.05) is 5.32 Å². The fourth-order valence-corrected chi connectivity index (χ4v) is 1.78. The highest BCUT2D eigenvalue weighted by atomic mass is 35.5. The molecule has 0 atom stereocenters. The van der Waals surface area contributed by atoms with Crippen LogP contribution in [0.1, 0.15) is 11.1 Å². The van der Waals surface area contributed by atoms with Crippen molar-refractivity contribution in [1.29, 1.82) is 0 Å². The van der Waals surface area contributed by atoms with Crippen LogP contribution in [-0.2, 0) is 12.4 Å². The van der Waals surface area contributed by atoms with Crippen molar-refractivity contribution < 1.29 is 4.39 Å². The first-order valence-corrected chi connectivity index (χ1v) is 6.15. The minimum atomic E-state index is -0.284. The minimum Gasteiger partial charge on any atom is -0.379 e. The molecular weight excluding hydrogens is 276 g/mol. The van der Waals surface area contributed by atoms with Crippen LogP contribution in [0.2, 0.25) is 5.15 Å². The number of rotatable bonds is 4. The first-order valence-electron chi connectivity index (χ1n) is 5.24. The van der Waals surface area contributed by atoms with Gasteiger partial charge in [-0.15, -0.1) is 16.7 Å². The van der Waals surface area contributed by atoms with Gasteiger partial charge in [-0.2, -0.15) is 5.10 Å². The molecule has 0 fully saturated rings. The molecule has 0 aliphatic carbocycles. The van der Waals surface area contributed by atoms with E-state index < -0.39 is 0 Å². The van der Waals surface area contributed by atoms with Crippen molar-refractivity contribution in [3.8, 4) is 0 Å². The van der Waals surface area contributed by atoms with Gasteiger partial charge in [-0.3, -0.25) is 0 Å². The minimum absolute atomic E-state index is 0.284. The molecule has 2 aromatic rings. The Labute approximate surface area is 114 Å². The number of hydrogen-bond donors (Lipinski definition) is 1. The first kappa shape index (κ1) is 13.1. The Kier molecular flexibility index (Phi) is 4.33. The third-order valence-corrected chi connectivity index (χ3v) is 2.87. The predicted octanol–water partition coefficient (Wildman–Crippen LogP) is 3.62. The van der Waals surface area contributed by atoms with Gasteiger partial charge in [0.1, 0.15) is 5.82 Å². The molecule has 0 bridgehead atoms. The molecule has 0 radical (unpaired) electrons. The molecule has 0 unspecified atom stereocenters. The van der Waals surface area contributed by atoms with Crippen molar-refractivity contribution in [2.24, 2.45) is 0 Å². The molecule has 0 amide bonds. The van der Waals surface area contributed by atoms with Crippen LogP contribution in [0, 0.1) is 5.82 Å². The molecule has 1 N–H and O–H groups in total. The van der Waals surface area contributed by atoms with Gasteiger partial charge < -0.3 is 5.32 Å². The van der Waals surface area contributed by atoms with Gasteiger partial charge in [0.05, 0.1) is 11.9 Å². The zero-order chi connectivity index (χ0) is 13.0. The summed E-state index contributed by atoms with van der Waals surface area (Å²) in [5.74, 6) is 0.0166. The molecule has 0 saturated heterocycles. The topological polar surface area (TPSA) is 37.8 Å². The lowest BCUT2D eigenvalue weighted by atomic mass is 10.1. The molecule has 3 nitrogen and oxygen atoms in total. The molecule has 0 spiro atoms. The number of alkyl halides is 1.